The zero-order valence-electron chi connectivity index (χ0n) is 12.4. The summed E-state index contributed by atoms with van der Waals surface area (Å²) in [5, 5.41) is 6.08. The zero-order chi connectivity index (χ0) is 14.6. The monoisotopic (exact) mass is 279 g/mol. The Labute approximate surface area is 121 Å². The van der Waals surface area contributed by atoms with Crippen molar-refractivity contribution in [1.82, 2.24) is 10.3 Å². The molecule has 5 heteroatoms. The third-order valence-electron chi connectivity index (χ3n) is 2.92. The molecule has 0 aliphatic carbocycles. The molecule has 5 nitrogen and oxygen atoms in total. The number of anilines is 1. The van der Waals surface area contributed by atoms with Crippen LogP contribution in [0, 0.1) is 0 Å². The van der Waals surface area contributed by atoms with Gasteiger partial charge in [-0.2, -0.15) is 0 Å². The van der Waals surface area contributed by atoms with E-state index in [2.05, 4.69) is 22.5 Å². The molecule has 0 atom stereocenters. The lowest BCUT2D eigenvalue weighted by molar-refractivity contribution is 0.0948. The number of hydrogen-bond acceptors (Lipinski definition) is 4. The fraction of sp³-hybridized carbons (Fsp3) is 0.600. The number of rotatable bonds is 10. The molecular weight excluding hydrogens is 254 g/mol. The van der Waals surface area contributed by atoms with Gasteiger partial charge < -0.3 is 15.4 Å². The smallest absolute Gasteiger partial charge is 0.252 e. The Bertz CT molecular complexity index is 379. The van der Waals surface area contributed by atoms with Gasteiger partial charge in [-0.15, -0.1) is 0 Å². The predicted molar refractivity (Wildman–Crippen MR) is 81.1 cm³/mol. The minimum atomic E-state index is -0.0915. The standard InChI is InChI=1S/C15H25N3O2/c1-3-4-5-9-16-14-8-7-13(12-18-14)15(19)17-10-6-11-20-2/h7-8,12H,3-6,9-11H2,1-2H3,(H,16,18)(H,17,19). The lowest BCUT2D eigenvalue weighted by Gasteiger charge is -2.07. The number of carbonyl (C=O) groups excluding carboxylic acids is 1. The summed E-state index contributed by atoms with van der Waals surface area (Å²) in [6, 6.07) is 3.64. The van der Waals surface area contributed by atoms with Crippen molar-refractivity contribution in [3.63, 3.8) is 0 Å². The van der Waals surface area contributed by atoms with Crippen molar-refractivity contribution in [2.24, 2.45) is 0 Å². The topological polar surface area (TPSA) is 63.2 Å². The molecule has 20 heavy (non-hydrogen) atoms. The number of carbonyl (C=O) groups is 1. The first-order valence-corrected chi connectivity index (χ1v) is 7.25. The molecule has 1 aromatic rings. The predicted octanol–water partition coefficient (Wildman–Crippen LogP) is 2.45. The molecule has 0 bridgehead atoms. The van der Waals surface area contributed by atoms with E-state index in [0.29, 0.717) is 18.7 Å². The van der Waals surface area contributed by atoms with Crippen LogP contribution in [0.15, 0.2) is 18.3 Å². The second kappa shape index (κ2) is 10.2. The van der Waals surface area contributed by atoms with Gasteiger partial charge in [-0.3, -0.25) is 4.79 Å². The van der Waals surface area contributed by atoms with Crippen LogP contribution in [0.2, 0.25) is 0 Å². The van der Waals surface area contributed by atoms with Gasteiger partial charge in [0.2, 0.25) is 0 Å². The maximum Gasteiger partial charge on any atom is 0.252 e. The number of methoxy groups -OCH3 is 1. The van der Waals surface area contributed by atoms with Gasteiger partial charge in [0, 0.05) is 33.0 Å². The number of ether oxygens (including phenoxy) is 1. The molecule has 1 rings (SSSR count). The fourth-order valence-corrected chi connectivity index (χ4v) is 1.74. The SMILES string of the molecule is CCCCCNc1ccc(C(=O)NCCCOC)cn1. The molecule has 0 aliphatic heterocycles. The van der Waals surface area contributed by atoms with Gasteiger partial charge in [-0.1, -0.05) is 19.8 Å². The Morgan fingerprint density at radius 3 is 2.75 bits per heavy atom. The summed E-state index contributed by atoms with van der Waals surface area (Å²) in [6.45, 7) is 4.37. The number of nitrogens with zero attached hydrogens (tertiary/aromatic N) is 1. The minimum Gasteiger partial charge on any atom is -0.385 e. The Morgan fingerprint density at radius 1 is 1.25 bits per heavy atom. The quantitative estimate of drug-likeness (QED) is 0.646. The van der Waals surface area contributed by atoms with E-state index in [9.17, 15) is 4.79 Å². The lowest BCUT2D eigenvalue weighted by Crippen LogP contribution is -2.25. The van der Waals surface area contributed by atoms with Crippen molar-refractivity contribution in [3.8, 4) is 0 Å². The van der Waals surface area contributed by atoms with E-state index in [1.165, 1.54) is 12.8 Å². The first-order chi connectivity index (χ1) is 9.77. The van der Waals surface area contributed by atoms with Crippen LogP contribution in [0.5, 0.6) is 0 Å². The third-order valence-corrected chi connectivity index (χ3v) is 2.92. The highest BCUT2D eigenvalue weighted by molar-refractivity contribution is 5.93. The van der Waals surface area contributed by atoms with Crippen molar-refractivity contribution < 1.29 is 9.53 Å². The van der Waals surface area contributed by atoms with Crippen LogP contribution in [0.1, 0.15) is 43.0 Å². The molecule has 1 aromatic heterocycles. The highest BCUT2D eigenvalue weighted by Gasteiger charge is 2.05. The van der Waals surface area contributed by atoms with E-state index >= 15 is 0 Å². The van der Waals surface area contributed by atoms with E-state index in [-0.39, 0.29) is 5.91 Å². The van der Waals surface area contributed by atoms with Gasteiger partial charge in [0.25, 0.3) is 5.91 Å². The summed E-state index contributed by atoms with van der Waals surface area (Å²) in [7, 11) is 1.65. The highest BCUT2D eigenvalue weighted by atomic mass is 16.5. The maximum absolute atomic E-state index is 11.8. The molecule has 1 heterocycles. The number of pyridine rings is 1. The summed E-state index contributed by atoms with van der Waals surface area (Å²) >= 11 is 0. The molecule has 1 amide bonds. The van der Waals surface area contributed by atoms with Crippen molar-refractivity contribution in [2.75, 3.05) is 32.1 Å². The van der Waals surface area contributed by atoms with Crippen molar-refractivity contribution >= 4 is 11.7 Å². The Kier molecular flexibility index (Phi) is 8.38. The average Bonchev–Trinajstić information content (AvgIpc) is 2.48. The summed E-state index contributed by atoms with van der Waals surface area (Å²) in [5.41, 5.74) is 0.585. The Balaban J connectivity index is 2.31. The summed E-state index contributed by atoms with van der Waals surface area (Å²) in [6.07, 6.45) is 5.98. The second-order valence-electron chi connectivity index (χ2n) is 4.67. The van der Waals surface area contributed by atoms with Gasteiger partial charge in [0.05, 0.1) is 5.56 Å². The number of aromatic nitrogens is 1. The summed E-state index contributed by atoms with van der Waals surface area (Å²) < 4.78 is 4.93. The molecule has 2 N–H and O–H groups in total. The van der Waals surface area contributed by atoms with Crippen LogP contribution in [-0.4, -0.2) is 37.7 Å². The Hall–Kier alpha value is -1.62. The number of nitrogens with one attached hydrogen (secondary N) is 2. The van der Waals surface area contributed by atoms with Gasteiger partial charge >= 0.3 is 0 Å². The van der Waals surface area contributed by atoms with Crippen LogP contribution in [0.4, 0.5) is 5.82 Å². The van der Waals surface area contributed by atoms with Crippen molar-refractivity contribution in [3.05, 3.63) is 23.9 Å². The molecule has 0 fully saturated rings. The normalized spacial score (nSPS) is 10.3. The first kappa shape index (κ1) is 16.4. The zero-order valence-corrected chi connectivity index (χ0v) is 12.4. The summed E-state index contributed by atoms with van der Waals surface area (Å²) in [5.74, 6) is 0.725. The van der Waals surface area contributed by atoms with Crippen LogP contribution in [-0.2, 0) is 4.74 Å². The molecule has 112 valence electrons. The first-order valence-electron chi connectivity index (χ1n) is 7.25. The van der Waals surface area contributed by atoms with Gasteiger partial charge in [-0.05, 0) is 25.0 Å². The van der Waals surface area contributed by atoms with Crippen LogP contribution in [0.3, 0.4) is 0 Å². The van der Waals surface area contributed by atoms with Gasteiger partial charge in [0.1, 0.15) is 5.82 Å². The van der Waals surface area contributed by atoms with Gasteiger partial charge in [0.15, 0.2) is 0 Å². The minimum absolute atomic E-state index is 0.0915. The number of amides is 1. The number of unbranched alkanes of at least 4 members (excludes halogenated alkanes) is 2. The van der Waals surface area contributed by atoms with E-state index in [1.807, 2.05) is 6.07 Å². The van der Waals surface area contributed by atoms with Gasteiger partial charge in [-0.25, -0.2) is 4.98 Å². The number of hydrogen-bond donors (Lipinski definition) is 2. The highest BCUT2D eigenvalue weighted by Crippen LogP contribution is 2.05. The van der Waals surface area contributed by atoms with E-state index < -0.39 is 0 Å². The molecule has 0 saturated carbocycles. The molecule has 0 radical (unpaired) electrons. The molecule has 0 unspecified atom stereocenters. The molecule has 0 aromatic carbocycles. The second-order valence-corrected chi connectivity index (χ2v) is 4.67. The summed E-state index contributed by atoms with van der Waals surface area (Å²) in [4.78, 5) is 16.1. The fourth-order valence-electron chi connectivity index (χ4n) is 1.74. The molecule has 0 aliphatic rings. The van der Waals surface area contributed by atoms with Crippen molar-refractivity contribution in [1.29, 1.82) is 0 Å². The van der Waals surface area contributed by atoms with Crippen LogP contribution < -0.4 is 10.6 Å². The average molecular weight is 279 g/mol. The van der Waals surface area contributed by atoms with Crippen LogP contribution in [0.25, 0.3) is 0 Å². The molecule has 0 saturated heterocycles. The molecule has 0 spiro atoms. The lowest BCUT2D eigenvalue weighted by atomic mass is 10.2. The van der Waals surface area contributed by atoms with E-state index in [4.69, 9.17) is 4.74 Å². The maximum atomic E-state index is 11.8. The van der Waals surface area contributed by atoms with Crippen LogP contribution >= 0.6 is 0 Å². The molecular formula is C15H25N3O2. The van der Waals surface area contributed by atoms with E-state index in [1.54, 1.807) is 19.4 Å². The van der Waals surface area contributed by atoms with E-state index in [0.717, 1.165) is 25.2 Å². The van der Waals surface area contributed by atoms with Crippen molar-refractivity contribution in [2.45, 2.75) is 32.6 Å². The third kappa shape index (κ3) is 6.52. The largest absolute Gasteiger partial charge is 0.385 e. The Morgan fingerprint density at radius 2 is 2.10 bits per heavy atom.